The average Bonchev–Trinajstić information content (AvgIpc) is 2.71. The maximum absolute atomic E-state index is 12.5. The van der Waals surface area contributed by atoms with E-state index in [1.807, 2.05) is 30.3 Å². The summed E-state index contributed by atoms with van der Waals surface area (Å²) in [6, 6.07) is 9.47. The van der Waals surface area contributed by atoms with Crippen LogP contribution in [0.25, 0.3) is 0 Å². The molecule has 6 heteroatoms. The van der Waals surface area contributed by atoms with Gasteiger partial charge in [-0.15, -0.1) is 0 Å². The van der Waals surface area contributed by atoms with E-state index in [1.54, 1.807) is 0 Å². The van der Waals surface area contributed by atoms with Crippen LogP contribution in [-0.2, 0) is 16.0 Å². The zero-order valence-electron chi connectivity index (χ0n) is 11.8. The molecule has 0 saturated carbocycles. The lowest BCUT2D eigenvalue weighted by Gasteiger charge is -2.13. The Kier molecular flexibility index (Phi) is 5.78. The molecule has 1 amide bonds. The molecule has 1 N–H and O–H groups in total. The van der Waals surface area contributed by atoms with Gasteiger partial charge in [0.2, 0.25) is 0 Å². The summed E-state index contributed by atoms with van der Waals surface area (Å²) in [5.41, 5.74) is 1.33. The van der Waals surface area contributed by atoms with Crippen molar-refractivity contribution < 1.29 is 18.1 Å². The molecule has 2 rings (SSSR count). The van der Waals surface area contributed by atoms with E-state index in [-0.39, 0.29) is 11.7 Å². The van der Waals surface area contributed by atoms with E-state index in [4.69, 9.17) is 0 Å². The minimum atomic E-state index is -2.88. The molecule has 21 heavy (non-hydrogen) atoms. The predicted octanol–water partition coefficient (Wildman–Crippen LogP) is 3.46. The molecule has 0 saturated heterocycles. The normalized spacial score (nSPS) is 15.3. The third-order valence-electron chi connectivity index (χ3n) is 3.47. The largest absolute Gasteiger partial charge is 0.796 e. The molecule has 0 fully saturated rings. The van der Waals surface area contributed by atoms with Crippen LogP contribution in [0.4, 0.5) is 8.63 Å². The van der Waals surface area contributed by atoms with Crippen LogP contribution < -0.4 is 5.32 Å². The van der Waals surface area contributed by atoms with Gasteiger partial charge in [-0.05, 0) is 24.8 Å². The Morgan fingerprint density at radius 2 is 1.86 bits per heavy atom. The maximum Gasteiger partial charge on any atom is 0.796 e. The molecule has 0 aliphatic heterocycles. The number of nitrogens with one attached hydrogen (secondary N) is 1. The summed E-state index contributed by atoms with van der Waals surface area (Å²) in [7, 11) is -2.88. The fourth-order valence-corrected chi connectivity index (χ4v) is 2.42. The van der Waals surface area contributed by atoms with Crippen molar-refractivity contribution >= 4 is 13.4 Å². The molecule has 1 aromatic carbocycles. The lowest BCUT2D eigenvalue weighted by molar-refractivity contribution is -0.118. The van der Waals surface area contributed by atoms with Crippen molar-refractivity contribution in [3.8, 4) is 0 Å². The van der Waals surface area contributed by atoms with Gasteiger partial charge in [0.25, 0.3) is 5.91 Å². The van der Waals surface area contributed by atoms with Gasteiger partial charge in [0.15, 0.2) is 0 Å². The highest BCUT2D eigenvalue weighted by Gasteiger charge is 2.25. The first-order valence-corrected chi connectivity index (χ1v) is 7.16. The molecule has 0 spiro atoms. The first-order chi connectivity index (χ1) is 10.2. The number of carbonyl (C=O) groups excluding carboxylic acids is 1. The van der Waals surface area contributed by atoms with Crippen LogP contribution in [-0.4, -0.2) is 13.4 Å². The van der Waals surface area contributed by atoms with Gasteiger partial charge in [-0.2, -0.15) is 0 Å². The molecule has 0 bridgehead atoms. The number of benzene rings is 1. The zero-order chi connectivity index (χ0) is 15.1. The molecule has 0 unspecified atom stereocenters. The Morgan fingerprint density at radius 1 is 1.14 bits per heavy atom. The van der Waals surface area contributed by atoms with E-state index in [0.717, 1.165) is 24.8 Å². The van der Waals surface area contributed by atoms with Gasteiger partial charge in [0, 0.05) is 13.0 Å². The third kappa shape index (κ3) is 4.88. The summed E-state index contributed by atoms with van der Waals surface area (Å²) in [5.74, 6) is -0.163. The van der Waals surface area contributed by atoms with Crippen molar-refractivity contribution in [3.63, 3.8) is 0 Å². The lowest BCUT2D eigenvalue weighted by Crippen LogP contribution is -2.26. The molecule has 0 atom stereocenters. The van der Waals surface area contributed by atoms with Crippen molar-refractivity contribution in [2.75, 3.05) is 0 Å². The highest BCUT2D eigenvalue weighted by Crippen LogP contribution is 2.25. The highest BCUT2D eigenvalue weighted by molar-refractivity contribution is 6.34. The summed E-state index contributed by atoms with van der Waals surface area (Å²) in [5, 5.41) is 2.78. The topological polar surface area (TPSA) is 38.3 Å². The second-order valence-corrected chi connectivity index (χ2v) is 5.01. The predicted molar refractivity (Wildman–Crippen MR) is 77.5 cm³/mol. The minimum absolute atomic E-state index is 0.146. The van der Waals surface area contributed by atoms with Crippen molar-refractivity contribution in [1.29, 1.82) is 0 Å². The second kappa shape index (κ2) is 7.81. The molecule has 3 nitrogen and oxygen atoms in total. The molecule has 1 aliphatic carbocycles. The van der Waals surface area contributed by atoms with E-state index in [1.165, 1.54) is 0 Å². The summed E-state index contributed by atoms with van der Waals surface area (Å²) >= 11 is 0. The van der Waals surface area contributed by atoms with E-state index in [9.17, 15) is 13.4 Å². The maximum atomic E-state index is 12.5. The standard InChI is InChI=1S/C15H18BF2NO2/c17-16(18)21-14-10-6-2-5-9-13(14)15(20)19-11-12-7-3-1-4-8-12/h1,3-4,7-8H,2,5-6,9-11H2,(H,19,20). The quantitative estimate of drug-likeness (QED) is 0.844. The van der Waals surface area contributed by atoms with Gasteiger partial charge in [0.05, 0.1) is 11.3 Å². The van der Waals surface area contributed by atoms with E-state index < -0.39 is 7.47 Å². The first-order valence-electron chi connectivity index (χ1n) is 7.16. The number of halogens is 2. The van der Waals surface area contributed by atoms with Gasteiger partial charge in [-0.25, -0.2) is 8.63 Å². The Bertz CT molecular complexity index is 506. The number of hydrogen-bond acceptors (Lipinski definition) is 2. The smallest absolute Gasteiger partial charge is 0.508 e. The van der Waals surface area contributed by atoms with Gasteiger partial charge in [-0.3, -0.25) is 4.79 Å². The molecular formula is C15H18BF2NO2. The van der Waals surface area contributed by atoms with Crippen LogP contribution >= 0.6 is 0 Å². The Hall–Kier alpha value is -1.85. The van der Waals surface area contributed by atoms with Crippen LogP contribution in [0, 0.1) is 0 Å². The van der Waals surface area contributed by atoms with Crippen molar-refractivity contribution in [2.24, 2.45) is 0 Å². The highest BCUT2D eigenvalue weighted by atomic mass is 19.2. The Morgan fingerprint density at radius 3 is 2.57 bits per heavy atom. The van der Waals surface area contributed by atoms with Crippen LogP contribution in [0.3, 0.4) is 0 Å². The van der Waals surface area contributed by atoms with Gasteiger partial charge >= 0.3 is 7.47 Å². The monoisotopic (exact) mass is 293 g/mol. The van der Waals surface area contributed by atoms with Crippen LogP contribution in [0.15, 0.2) is 41.7 Å². The summed E-state index contributed by atoms with van der Waals surface area (Å²) < 4.78 is 29.4. The zero-order valence-corrected chi connectivity index (χ0v) is 11.8. The third-order valence-corrected chi connectivity index (χ3v) is 3.47. The number of hydrogen-bond donors (Lipinski definition) is 1. The van der Waals surface area contributed by atoms with E-state index >= 15 is 0 Å². The van der Waals surface area contributed by atoms with Gasteiger partial charge < -0.3 is 9.97 Å². The lowest BCUT2D eigenvalue weighted by atomic mass is 10.1. The van der Waals surface area contributed by atoms with Crippen LogP contribution in [0.5, 0.6) is 0 Å². The molecule has 112 valence electrons. The van der Waals surface area contributed by atoms with E-state index in [2.05, 4.69) is 9.97 Å². The van der Waals surface area contributed by atoms with Gasteiger partial charge in [0.1, 0.15) is 0 Å². The molecule has 1 aliphatic rings. The molecule has 0 heterocycles. The number of carbonyl (C=O) groups is 1. The summed E-state index contributed by atoms with van der Waals surface area (Å²) in [6.07, 6.45) is 3.41. The van der Waals surface area contributed by atoms with E-state index in [0.29, 0.717) is 25.0 Å². The molecule has 1 aromatic rings. The van der Waals surface area contributed by atoms with Crippen molar-refractivity contribution in [3.05, 3.63) is 47.2 Å². The fourth-order valence-electron chi connectivity index (χ4n) is 2.42. The Labute approximate surface area is 123 Å². The van der Waals surface area contributed by atoms with Crippen LogP contribution in [0.2, 0.25) is 0 Å². The number of allylic oxidation sites excluding steroid dienone is 1. The van der Waals surface area contributed by atoms with Crippen molar-refractivity contribution in [1.82, 2.24) is 5.32 Å². The first kappa shape index (κ1) is 15.5. The summed E-state index contributed by atoms with van der Waals surface area (Å²) in [6.45, 7) is 0.380. The van der Waals surface area contributed by atoms with Crippen molar-refractivity contribution in [2.45, 2.75) is 38.6 Å². The number of amides is 1. The number of rotatable bonds is 5. The van der Waals surface area contributed by atoms with Gasteiger partial charge in [-0.1, -0.05) is 36.8 Å². The molecule has 0 aromatic heterocycles. The molecule has 0 radical (unpaired) electrons. The fraction of sp³-hybridized carbons (Fsp3) is 0.400. The average molecular weight is 293 g/mol. The Balaban J connectivity index is 2.04. The SMILES string of the molecule is O=C(NCc1ccccc1)C1=C(OB(F)F)CCCCC1. The summed E-state index contributed by atoms with van der Waals surface area (Å²) in [4.78, 5) is 12.2. The molecular weight excluding hydrogens is 275 g/mol. The minimum Gasteiger partial charge on any atom is -0.508 e. The second-order valence-electron chi connectivity index (χ2n) is 5.01. The van der Waals surface area contributed by atoms with Crippen LogP contribution in [0.1, 0.15) is 37.7 Å².